The highest BCUT2D eigenvalue weighted by molar-refractivity contribution is 7.13. The molecule has 2 heterocycles. The predicted octanol–water partition coefficient (Wildman–Crippen LogP) is 3.54. The SMILES string of the molecule is Cc1ncsc1-c1ccc([C@H](C)NC(=O)[C@@H]2C[C@@H](O)CN2C(=O)[C@@H](NC(=O)CCOCCOCCOCCN=[N+]=[N-])C(C)(C)C)cc1. The molecule has 3 amide bonds. The van der Waals surface area contributed by atoms with Crippen LogP contribution in [-0.4, -0.2) is 104 Å². The zero-order valence-electron chi connectivity index (χ0n) is 27.8. The molecule has 3 rings (SSSR count). The molecule has 1 fully saturated rings. The number of nitrogens with one attached hydrogen (secondary N) is 2. The van der Waals surface area contributed by atoms with Crippen LogP contribution in [0.1, 0.15) is 57.8 Å². The molecule has 258 valence electrons. The maximum Gasteiger partial charge on any atom is 0.246 e. The average molecular weight is 674 g/mol. The van der Waals surface area contributed by atoms with Crippen LogP contribution in [0.4, 0.5) is 0 Å². The minimum Gasteiger partial charge on any atom is -0.391 e. The summed E-state index contributed by atoms with van der Waals surface area (Å²) in [5, 5.41) is 19.7. The zero-order valence-corrected chi connectivity index (χ0v) is 28.6. The number of aromatic nitrogens is 1. The first kappa shape index (κ1) is 37.9. The fraction of sp³-hybridized carbons (Fsp3) is 0.625. The number of thiazole rings is 1. The lowest BCUT2D eigenvalue weighted by Gasteiger charge is -2.35. The Balaban J connectivity index is 1.49. The molecular formula is C32H47N7O7S. The van der Waals surface area contributed by atoms with Gasteiger partial charge in [0.25, 0.3) is 0 Å². The van der Waals surface area contributed by atoms with Gasteiger partial charge in [-0.1, -0.05) is 50.2 Å². The van der Waals surface area contributed by atoms with Crippen LogP contribution in [0.3, 0.4) is 0 Å². The summed E-state index contributed by atoms with van der Waals surface area (Å²) in [5.41, 5.74) is 12.3. The molecular weight excluding hydrogens is 626 g/mol. The van der Waals surface area contributed by atoms with Crippen LogP contribution in [0, 0.1) is 12.3 Å². The fourth-order valence-corrected chi connectivity index (χ4v) is 5.92. The van der Waals surface area contributed by atoms with Crippen LogP contribution in [0.2, 0.25) is 0 Å². The number of hydrogen-bond acceptors (Lipinski definition) is 10. The van der Waals surface area contributed by atoms with E-state index in [1.165, 1.54) is 4.90 Å². The number of carbonyl (C=O) groups excluding carboxylic acids is 3. The quantitative estimate of drug-likeness (QED) is 0.0927. The smallest absolute Gasteiger partial charge is 0.246 e. The van der Waals surface area contributed by atoms with Crippen LogP contribution in [0.15, 0.2) is 34.9 Å². The van der Waals surface area contributed by atoms with Crippen molar-refractivity contribution in [2.24, 2.45) is 10.5 Å². The van der Waals surface area contributed by atoms with Gasteiger partial charge in [-0.2, -0.15) is 0 Å². The van der Waals surface area contributed by atoms with E-state index in [0.29, 0.717) is 26.4 Å². The van der Waals surface area contributed by atoms with Crippen molar-refractivity contribution in [3.05, 3.63) is 51.5 Å². The van der Waals surface area contributed by atoms with E-state index in [0.717, 1.165) is 21.7 Å². The second kappa shape index (κ2) is 18.7. The number of amides is 3. The van der Waals surface area contributed by atoms with Gasteiger partial charge in [0.1, 0.15) is 12.1 Å². The van der Waals surface area contributed by atoms with Gasteiger partial charge in [-0.25, -0.2) is 4.98 Å². The number of ether oxygens (including phenoxy) is 3. The Kier molecular flexibility index (Phi) is 15.0. The first-order valence-electron chi connectivity index (χ1n) is 15.7. The van der Waals surface area contributed by atoms with Gasteiger partial charge in [0.05, 0.1) is 67.9 Å². The summed E-state index contributed by atoms with van der Waals surface area (Å²) in [5.74, 6) is -1.14. The van der Waals surface area contributed by atoms with Crippen molar-refractivity contribution in [2.75, 3.05) is 52.7 Å². The van der Waals surface area contributed by atoms with Crippen molar-refractivity contribution in [2.45, 2.75) is 71.7 Å². The highest BCUT2D eigenvalue weighted by atomic mass is 32.1. The third-order valence-corrected chi connectivity index (χ3v) is 8.65. The van der Waals surface area contributed by atoms with Crippen molar-refractivity contribution in [3.63, 3.8) is 0 Å². The second-order valence-corrected chi connectivity index (χ2v) is 13.3. The monoisotopic (exact) mass is 673 g/mol. The van der Waals surface area contributed by atoms with E-state index >= 15 is 0 Å². The maximum absolute atomic E-state index is 13.8. The van der Waals surface area contributed by atoms with Crippen LogP contribution in [0.5, 0.6) is 0 Å². The molecule has 1 saturated heterocycles. The summed E-state index contributed by atoms with van der Waals surface area (Å²) >= 11 is 1.57. The van der Waals surface area contributed by atoms with Crippen LogP contribution in [0.25, 0.3) is 20.9 Å². The standard InChI is InChI=1S/C32H47N7O7S/c1-21(23-6-8-24(9-7-23)28-22(2)34-20-47-28)36-30(42)26-18-25(40)19-39(26)31(43)29(32(3,4)5)37-27(41)10-12-44-14-16-46-17-15-45-13-11-35-38-33/h6-9,20-21,25-26,29,40H,10-19H2,1-5H3,(H,36,42)(H,37,41)/t21-,25+,26-,29+/m0/s1. The first-order chi connectivity index (χ1) is 22.4. The van der Waals surface area contributed by atoms with Crippen LogP contribution >= 0.6 is 11.3 Å². The number of nitrogens with zero attached hydrogens (tertiary/aromatic N) is 5. The number of β-amino-alcohol motifs (C(OH)–C–C–N with tert-alkyl or cyclic N) is 1. The lowest BCUT2D eigenvalue weighted by Crippen LogP contribution is -2.58. The molecule has 2 aromatic rings. The maximum atomic E-state index is 13.8. The van der Waals surface area contributed by atoms with Gasteiger partial charge >= 0.3 is 0 Å². The molecule has 0 aliphatic carbocycles. The number of azide groups is 1. The molecule has 15 heteroatoms. The van der Waals surface area contributed by atoms with Gasteiger partial charge in [0.2, 0.25) is 17.7 Å². The van der Waals surface area contributed by atoms with Gasteiger partial charge in [-0.05, 0) is 35.9 Å². The molecule has 1 aromatic carbocycles. The minimum absolute atomic E-state index is 0.00138. The zero-order chi connectivity index (χ0) is 34.4. The van der Waals surface area contributed by atoms with Crippen molar-refractivity contribution in [1.82, 2.24) is 20.5 Å². The molecule has 14 nitrogen and oxygen atoms in total. The van der Waals surface area contributed by atoms with E-state index in [1.54, 1.807) is 11.3 Å². The molecule has 0 spiro atoms. The number of aliphatic hydroxyl groups is 1. The topological polar surface area (TPSA) is 188 Å². The Bertz CT molecular complexity index is 1360. The lowest BCUT2D eigenvalue weighted by atomic mass is 9.85. The number of rotatable bonds is 18. The molecule has 0 unspecified atom stereocenters. The number of aliphatic hydroxyl groups excluding tert-OH is 1. The van der Waals surface area contributed by atoms with E-state index in [-0.39, 0.29) is 57.0 Å². The second-order valence-electron chi connectivity index (χ2n) is 12.4. The van der Waals surface area contributed by atoms with Crippen LogP contribution < -0.4 is 10.6 Å². The molecule has 1 aromatic heterocycles. The highest BCUT2D eigenvalue weighted by Crippen LogP contribution is 2.29. The summed E-state index contributed by atoms with van der Waals surface area (Å²) in [6.45, 7) is 11.4. The number of likely N-dealkylation sites (tertiary alicyclic amines) is 1. The Hall–Kier alpha value is -3.59. The molecule has 1 aliphatic rings. The van der Waals surface area contributed by atoms with Gasteiger partial charge in [0, 0.05) is 30.8 Å². The molecule has 0 bridgehead atoms. The summed E-state index contributed by atoms with van der Waals surface area (Å²) in [6, 6.07) is 5.79. The van der Waals surface area contributed by atoms with Crippen molar-refractivity contribution in [1.29, 1.82) is 0 Å². The molecule has 3 N–H and O–H groups in total. The summed E-state index contributed by atoms with van der Waals surface area (Å²) in [6.07, 6.45) is -0.715. The average Bonchev–Trinajstić information content (AvgIpc) is 3.64. The Morgan fingerprint density at radius 3 is 2.32 bits per heavy atom. The van der Waals surface area contributed by atoms with Gasteiger partial charge in [-0.15, -0.1) is 11.3 Å². The number of hydrogen-bond donors (Lipinski definition) is 3. The number of carbonyl (C=O) groups is 3. The van der Waals surface area contributed by atoms with E-state index in [1.807, 2.05) is 64.4 Å². The largest absolute Gasteiger partial charge is 0.391 e. The summed E-state index contributed by atoms with van der Waals surface area (Å²) < 4.78 is 16.1. The van der Waals surface area contributed by atoms with Crippen molar-refractivity contribution in [3.8, 4) is 10.4 Å². The number of aryl methyl sites for hydroxylation is 1. The van der Waals surface area contributed by atoms with Crippen molar-refractivity contribution >= 4 is 29.1 Å². The normalized spacial score (nSPS) is 17.5. The molecule has 4 atom stereocenters. The lowest BCUT2D eigenvalue weighted by molar-refractivity contribution is -0.144. The Labute approximate surface area is 279 Å². The summed E-state index contributed by atoms with van der Waals surface area (Å²) in [7, 11) is 0. The molecule has 47 heavy (non-hydrogen) atoms. The Morgan fingerprint density at radius 2 is 1.72 bits per heavy atom. The molecule has 0 saturated carbocycles. The van der Waals surface area contributed by atoms with E-state index in [2.05, 4.69) is 25.6 Å². The molecule has 0 radical (unpaired) electrons. The molecule has 1 aliphatic heterocycles. The van der Waals surface area contributed by atoms with E-state index in [4.69, 9.17) is 19.7 Å². The van der Waals surface area contributed by atoms with Crippen molar-refractivity contribution < 1.29 is 33.7 Å². The third kappa shape index (κ3) is 11.9. The van der Waals surface area contributed by atoms with Gasteiger partial charge < -0.3 is 34.9 Å². The van der Waals surface area contributed by atoms with Crippen LogP contribution in [-0.2, 0) is 28.6 Å². The third-order valence-electron chi connectivity index (χ3n) is 7.68. The van der Waals surface area contributed by atoms with Gasteiger partial charge in [0.15, 0.2) is 0 Å². The first-order valence-corrected chi connectivity index (χ1v) is 16.6. The highest BCUT2D eigenvalue weighted by Gasteiger charge is 2.44. The summed E-state index contributed by atoms with van der Waals surface area (Å²) in [4.78, 5) is 49.6. The fourth-order valence-electron chi connectivity index (χ4n) is 5.11. The Morgan fingerprint density at radius 1 is 1.09 bits per heavy atom. The van der Waals surface area contributed by atoms with Gasteiger partial charge in [-0.3, -0.25) is 14.4 Å². The predicted molar refractivity (Wildman–Crippen MR) is 177 cm³/mol. The minimum atomic E-state index is -0.919. The van der Waals surface area contributed by atoms with E-state index in [9.17, 15) is 19.5 Å². The van der Waals surface area contributed by atoms with E-state index < -0.39 is 29.5 Å². The number of benzene rings is 1.